The quantitative estimate of drug-likeness (QED) is 0.849. The van der Waals surface area contributed by atoms with Crippen LogP contribution in [0.5, 0.6) is 11.6 Å². The van der Waals surface area contributed by atoms with Crippen LogP contribution < -0.4 is 15.4 Å². The Hall–Kier alpha value is -2.40. The van der Waals surface area contributed by atoms with E-state index in [1.54, 1.807) is 30.5 Å². The fraction of sp³-hybridized carbons (Fsp3) is 0.455. The number of carbonyl (C=O) groups is 1. The highest BCUT2D eigenvalue weighted by molar-refractivity contribution is 5.94. The van der Waals surface area contributed by atoms with Gasteiger partial charge < -0.3 is 15.4 Å². The zero-order chi connectivity index (χ0) is 19.7. The van der Waals surface area contributed by atoms with Gasteiger partial charge in [-0.1, -0.05) is 6.07 Å². The third kappa shape index (κ3) is 5.30. The van der Waals surface area contributed by atoms with Crippen LogP contribution in [-0.2, 0) is 0 Å². The van der Waals surface area contributed by atoms with E-state index < -0.39 is 0 Å². The number of hydrogen-bond acceptors (Lipinski definition) is 4. The van der Waals surface area contributed by atoms with Gasteiger partial charge in [0, 0.05) is 34.9 Å². The van der Waals surface area contributed by atoms with Crippen LogP contribution in [0.1, 0.15) is 56.5 Å². The number of aryl methyl sites for hydroxylation is 1. The SMILES string of the molecule is Cc1ccc(Oc2ccc(C(=O)NC3CC(C)(C)NC(C)(C)C3)cc2)nc1. The van der Waals surface area contributed by atoms with Gasteiger partial charge in [0.15, 0.2) is 0 Å². The van der Waals surface area contributed by atoms with Crippen LogP contribution >= 0.6 is 0 Å². The van der Waals surface area contributed by atoms with E-state index in [1.807, 2.05) is 19.1 Å². The smallest absolute Gasteiger partial charge is 0.251 e. The Kier molecular flexibility index (Phi) is 5.24. The van der Waals surface area contributed by atoms with Crippen molar-refractivity contribution in [1.29, 1.82) is 0 Å². The Morgan fingerprint density at radius 2 is 1.70 bits per heavy atom. The third-order valence-electron chi connectivity index (χ3n) is 4.75. The minimum absolute atomic E-state index is 0.00156. The third-order valence-corrected chi connectivity index (χ3v) is 4.75. The number of rotatable bonds is 4. The van der Waals surface area contributed by atoms with Crippen molar-refractivity contribution in [2.75, 3.05) is 0 Å². The minimum atomic E-state index is -0.0477. The number of nitrogens with zero attached hydrogens (tertiary/aromatic N) is 1. The van der Waals surface area contributed by atoms with Gasteiger partial charge in [-0.25, -0.2) is 4.98 Å². The fourth-order valence-corrected chi connectivity index (χ4v) is 4.00. The molecule has 5 heteroatoms. The number of benzene rings is 1. The molecule has 2 aromatic rings. The Morgan fingerprint density at radius 3 is 2.26 bits per heavy atom. The number of carbonyl (C=O) groups excluding carboxylic acids is 1. The summed E-state index contributed by atoms with van der Waals surface area (Å²) in [6.45, 7) is 10.7. The van der Waals surface area contributed by atoms with Crippen LogP contribution in [0.25, 0.3) is 0 Å². The molecule has 0 saturated carbocycles. The summed E-state index contributed by atoms with van der Waals surface area (Å²) in [6, 6.07) is 11.1. The van der Waals surface area contributed by atoms with Crippen molar-refractivity contribution < 1.29 is 9.53 Å². The highest BCUT2D eigenvalue weighted by Gasteiger charge is 2.38. The molecule has 27 heavy (non-hydrogen) atoms. The summed E-state index contributed by atoms with van der Waals surface area (Å²) < 4.78 is 5.72. The van der Waals surface area contributed by atoms with Crippen molar-refractivity contribution in [3.05, 3.63) is 53.7 Å². The van der Waals surface area contributed by atoms with E-state index in [-0.39, 0.29) is 23.0 Å². The highest BCUT2D eigenvalue weighted by Crippen LogP contribution is 2.28. The molecule has 1 saturated heterocycles. The molecule has 0 radical (unpaired) electrons. The standard InChI is InChI=1S/C22H29N3O2/c1-15-6-11-19(23-14-15)27-18-9-7-16(8-10-18)20(26)24-17-12-21(2,3)25-22(4,5)13-17/h6-11,14,17,25H,12-13H2,1-5H3,(H,24,26). The number of hydrogen-bond donors (Lipinski definition) is 2. The van der Waals surface area contributed by atoms with Gasteiger partial charge in [0.25, 0.3) is 5.91 Å². The van der Waals surface area contributed by atoms with E-state index in [0.29, 0.717) is 17.2 Å². The average molecular weight is 367 g/mol. The van der Waals surface area contributed by atoms with Crippen molar-refractivity contribution >= 4 is 5.91 Å². The van der Waals surface area contributed by atoms with Crippen LogP contribution in [-0.4, -0.2) is 28.0 Å². The number of piperidine rings is 1. The Bertz CT molecular complexity index is 779. The minimum Gasteiger partial charge on any atom is -0.439 e. The van der Waals surface area contributed by atoms with Crippen LogP contribution in [0.15, 0.2) is 42.6 Å². The largest absolute Gasteiger partial charge is 0.439 e. The molecular formula is C22H29N3O2. The van der Waals surface area contributed by atoms with Gasteiger partial charge in [0.05, 0.1) is 0 Å². The van der Waals surface area contributed by atoms with Crippen molar-refractivity contribution in [2.45, 2.75) is 64.6 Å². The molecule has 0 atom stereocenters. The second kappa shape index (κ2) is 7.31. The Balaban J connectivity index is 1.63. The molecule has 0 aliphatic carbocycles. The van der Waals surface area contributed by atoms with Crippen LogP contribution in [0.3, 0.4) is 0 Å². The molecule has 0 bridgehead atoms. The lowest BCUT2D eigenvalue weighted by molar-refractivity contribution is 0.0873. The normalized spacial score (nSPS) is 18.7. The van der Waals surface area contributed by atoms with Gasteiger partial charge in [-0.15, -0.1) is 0 Å². The van der Waals surface area contributed by atoms with E-state index in [4.69, 9.17) is 4.74 Å². The maximum Gasteiger partial charge on any atom is 0.251 e. The van der Waals surface area contributed by atoms with Crippen molar-refractivity contribution in [3.63, 3.8) is 0 Å². The zero-order valence-electron chi connectivity index (χ0n) is 16.8. The molecule has 0 spiro atoms. The van der Waals surface area contributed by atoms with Crippen LogP contribution in [0.4, 0.5) is 0 Å². The summed E-state index contributed by atoms with van der Waals surface area (Å²) in [6.07, 6.45) is 3.57. The molecule has 1 aliphatic rings. The lowest BCUT2D eigenvalue weighted by Gasteiger charge is -2.46. The Morgan fingerprint density at radius 1 is 1.07 bits per heavy atom. The van der Waals surface area contributed by atoms with Crippen LogP contribution in [0, 0.1) is 6.92 Å². The first-order valence-electron chi connectivity index (χ1n) is 9.43. The number of amides is 1. The summed E-state index contributed by atoms with van der Waals surface area (Å²) in [5.41, 5.74) is 1.71. The van der Waals surface area contributed by atoms with Gasteiger partial charge in [-0.3, -0.25) is 4.79 Å². The molecule has 1 fully saturated rings. The summed E-state index contributed by atoms with van der Waals surface area (Å²) in [5, 5.41) is 6.82. The summed E-state index contributed by atoms with van der Waals surface area (Å²) in [4.78, 5) is 16.9. The molecule has 0 unspecified atom stereocenters. The number of nitrogens with one attached hydrogen (secondary N) is 2. The van der Waals surface area contributed by atoms with E-state index >= 15 is 0 Å². The molecule has 1 aliphatic heterocycles. The lowest BCUT2D eigenvalue weighted by Crippen LogP contribution is -2.62. The first-order valence-corrected chi connectivity index (χ1v) is 9.43. The molecule has 1 aromatic carbocycles. The lowest BCUT2D eigenvalue weighted by atomic mass is 9.79. The van der Waals surface area contributed by atoms with Gasteiger partial charge in [0.2, 0.25) is 5.88 Å². The average Bonchev–Trinajstić information content (AvgIpc) is 2.54. The molecule has 1 aromatic heterocycles. The van der Waals surface area contributed by atoms with E-state index in [9.17, 15) is 4.79 Å². The first-order chi connectivity index (χ1) is 12.6. The summed E-state index contributed by atoms with van der Waals surface area (Å²) in [5.74, 6) is 1.15. The molecule has 2 N–H and O–H groups in total. The number of ether oxygens (including phenoxy) is 1. The predicted molar refractivity (Wildman–Crippen MR) is 107 cm³/mol. The van der Waals surface area contributed by atoms with Crippen molar-refractivity contribution in [1.82, 2.24) is 15.6 Å². The second-order valence-electron chi connectivity index (χ2n) is 8.77. The monoisotopic (exact) mass is 367 g/mol. The molecule has 2 heterocycles. The fourth-order valence-electron chi connectivity index (χ4n) is 4.00. The van der Waals surface area contributed by atoms with Crippen LogP contribution in [0.2, 0.25) is 0 Å². The van der Waals surface area contributed by atoms with Gasteiger partial charge in [0.1, 0.15) is 5.75 Å². The van der Waals surface area contributed by atoms with Gasteiger partial charge in [-0.2, -0.15) is 0 Å². The van der Waals surface area contributed by atoms with Crippen molar-refractivity contribution in [3.8, 4) is 11.6 Å². The molecular weight excluding hydrogens is 338 g/mol. The van der Waals surface area contributed by atoms with E-state index in [2.05, 4.69) is 43.3 Å². The highest BCUT2D eigenvalue weighted by atomic mass is 16.5. The maximum atomic E-state index is 12.7. The molecule has 144 valence electrons. The van der Waals surface area contributed by atoms with Gasteiger partial charge >= 0.3 is 0 Å². The molecule has 3 rings (SSSR count). The van der Waals surface area contributed by atoms with E-state index in [0.717, 1.165) is 18.4 Å². The van der Waals surface area contributed by atoms with E-state index in [1.165, 1.54) is 0 Å². The first kappa shape index (κ1) is 19.4. The molecule has 1 amide bonds. The summed E-state index contributed by atoms with van der Waals surface area (Å²) in [7, 11) is 0. The predicted octanol–water partition coefficient (Wildman–Crippen LogP) is 4.22. The zero-order valence-corrected chi connectivity index (χ0v) is 16.8. The topological polar surface area (TPSA) is 63.2 Å². The maximum absolute atomic E-state index is 12.7. The van der Waals surface area contributed by atoms with Crippen molar-refractivity contribution in [2.24, 2.45) is 0 Å². The van der Waals surface area contributed by atoms with Gasteiger partial charge in [-0.05, 0) is 77.3 Å². The molecule has 5 nitrogen and oxygen atoms in total. The Labute approximate surface area is 161 Å². The summed E-state index contributed by atoms with van der Waals surface area (Å²) >= 11 is 0. The number of aromatic nitrogens is 1. The second-order valence-corrected chi connectivity index (χ2v) is 8.77. The number of pyridine rings is 1.